The lowest BCUT2D eigenvalue weighted by molar-refractivity contribution is 0.0979. The Morgan fingerprint density at radius 2 is 2.38 bits per heavy atom. The van der Waals surface area contributed by atoms with Gasteiger partial charge in [0.05, 0.1) is 6.20 Å². The van der Waals surface area contributed by atoms with Crippen LogP contribution in [0.1, 0.15) is 23.3 Å². The molecule has 0 aliphatic rings. The van der Waals surface area contributed by atoms with Gasteiger partial charge in [-0.2, -0.15) is 0 Å². The molecule has 1 heterocycles. The summed E-state index contributed by atoms with van der Waals surface area (Å²) in [5, 5.41) is 0. The van der Waals surface area contributed by atoms with Gasteiger partial charge in [-0.15, -0.1) is 6.58 Å². The number of nitrogens with zero attached hydrogens (tertiary/aromatic N) is 1. The van der Waals surface area contributed by atoms with Gasteiger partial charge in [-0.3, -0.25) is 9.78 Å². The van der Waals surface area contributed by atoms with Gasteiger partial charge in [-0.1, -0.05) is 6.08 Å². The van der Waals surface area contributed by atoms with Crippen molar-refractivity contribution in [2.45, 2.75) is 12.8 Å². The van der Waals surface area contributed by atoms with E-state index in [4.69, 9.17) is 0 Å². The van der Waals surface area contributed by atoms with Gasteiger partial charge in [0, 0.05) is 6.42 Å². The fourth-order valence-electron chi connectivity index (χ4n) is 0.902. The summed E-state index contributed by atoms with van der Waals surface area (Å²) in [6, 6.07) is 2.62. The summed E-state index contributed by atoms with van der Waals surface area (Å²) in [7, 11) is 0. The molecule has 0 unspecified atom stereocenters. The topological polar surface area (TPSA) is 30.0 Å². The molecule has 68 valence electrons. The van der Waals surface area contributed by atoms with Crippen LogP contribution in [0.25, 0.3) is 0 Å². The van der Waals surface area contributed by atoms with Crippen molar-refractivity contribution in [2.24, 2.45) is 0 Å². The van der Waals surface area contributed by atoms with Crippen molar-refractivity contribution < 1.29 is 9.18 Å². The van der Waals surface area contributed by atoms with Crippen molar-refractivity contribution in [3.05, 3.63) is 42.5 Å². The minimum absolute atomic E-state index is 0.0834. The third-order valence-corrected chi connectivity index (χ3v) is 1.59. The smallest absolute Gasteiger partial charge is 0.181 e. The van der Waals surface area contributed by atoms with Crippen LogP contribution in [0.15, 0.2) is 31.0 Å². The zero-order chi connectivity index (χ0) is 9.68. The molecule has 0 atom stereocenters. The van der Waals surface area contributed by atoms with Gasteiger partial charge in [0.1, 0.15) is 11.5 Å². The predicted molar refractivity (Wildman–Crippen MR) is 48.0 cm³/mol. The Morgan fingerprint density at radius 1 is 1.62 bits per heavy atom. The number of carbonyl (C=O) groups excluding carboxylic acids is 1. The molecular weight excluding hydrogens is 169 g/mol. The van der Waals surface area contributed by atoms with Gasteiger partial charge in [0.2, 0.25) is 0 Å². The van der Waals surface area contributed by atoms with Crippen LogP contribution in [0.4, 0.5) is 4.39 Å². The Labute approximate surface area is 76.1 Å². The number of aromatic nitrogens is 1. The zero-order valence-electron chi connectivity index (χ0n) is 7.16. The van der Waals surface area contributed by atoms with Crippen LogP contribution < -0.4 is 0 Å². The van der Waals surface area contributed by atoms with Crippen LogP contribution in [0.2, 0.25) is 0 Å². The molecule has 0 saturated heterocycles. The van der Waals surface area contributed by atoms with E-state index in [1.807, 2.05) is 0 Å². The minimum atomic E-state index is -0.430. The van der Waals surface area contributed by atoms with E-state index in [9.17, 15) is 9.18 Å². The van der Waals surface area contributed by atoms with Crippen LogP contribution in [0, 0.1) is 5.82 Å². The molecule has 2 nitrogen and oxygen atoms in total. The highest BCUT2D eigenvalue weighted by atomic mass is 19.1. The molecule has 0 aliphatic heterocycles. The van der Waals surface area contributed by atoms with Gasteiger partial charge >= 0.3 is 0 Å². The number of ketones is 1. The second-order valence-electron chi connectivity index (χ2n) is 2.61. The third-order valence-electron chi connectivity index (χ3n) is 1.59. The normalized spacial score (nSPS) is 9.62. The lowest BCUT2D eigenvalue weighted by Crippen LogP contribution is -2.01. The molecule has 0 N–H and O–H groups in total. The van der Waals surface area contributed by atoms with Crippen molar-refractivity contribution in [1.82, 2.24) is 4.98 Å². The van der Waals surface area contributed by atoms with E-state index in [1.165, 1.54) is 12.1 Å². The van der Waals surface area contributed by atoms with Crippen molar-refractivity contribution in [1.29, 1.82) is 0 Å². The number of pyridine rings is 1. The second kappa shape index (κ2) is 4.50. The molecule has 0 saturated carbocycles. The van der Waals surface area contributed by atoms with E-state index < -0.39 is 5.82 Å². The van der Waals surface area contributed by atoms with E-state index in [1.54, 1.807) is 6.08 Å². The monoisotopic (exact) mass is 179 g/mol. The van der Waals surface area contributed by atoms with Gasteiger partial charge in [0.15, 0.2) is 5.78 Å². The Hall–Kier alpha value is -1.51. The number of hydrogen-bond acceptors (Lipinski definition) is 2. The van der Waals surface area contributed by atoms with Gasteiger partial charge in [-0.05, 0) is 18.6 Å². The highest BCUT2D eigenvalue weighted by molar-refractivity contribution is 5.94. The maximum atomic E-state index is 12.4. The zero-order valence-corrected chi connectivity index (χ0v) is 7.16. The maximum Gasteiger partial charge on any atom is 0.181 e. The molecule has 0 bridgehead atoms. The molecule has 0 amide bonds. The number of allylic oxidation sites excluding steroid dienone is 1. The Bertz CT molecular complexity index is 305. The average molecular weight is 179 g/mol. The molecule has 0 aromatic carbocycles. The number of Topliss-reactive ketones (excluding diaryl/α,β-unsaturated/α-hetero) is 1. The Kier molecular flexibility index (Phi) is 3.31. The SMILES string of the molecule is C=CCCC(=O)c1ccc(F)cn1. The molecule has 0 fully saturated rings. The first kappa shape index (κ1) is 9.58. The van der Waals surface area contributed by atoms with Crippen LogP contribution >= 0.6 is 0 Å². The van der Waals surface area contributed by atoms with Crippen molar-refractivity contribution in [3.8, 4) is 0 Å². The van der Waals surface area contributed by atoms with E-state index >= 15 is 0 Å². The summed E-state index contributed by atoms with van der Waals surface area (Å²) < 4.78 is 12.4. The fourth-order valence-corrected chi connectivity index (χ4v) is 0.902. The summed E-state index contributed by atoms with van der Waals surface area (Å²) >= 11 is 0. The number of hydrogen-bond donors (Lipinski definition) is 0. The summed E-state index contributed by atoms with van der Waals surface area (Å²) in [5.41, 5.74) is 0.309. The first-order valence-electron chi connectivity index (χ1n) is 3.99. The largest absolute Gasteiger partial charge is 0.292 e. The van der Waals surface area contributed by atoms with Crippen LogP contribution in [-0.4, -0.2) is 10.8 Å². The predicted octanol–water partition coefficient (Wildman–Crippen LogP) is 2.37. The van der Waals surface area contributed by atoms with Crippen LogP contribution in [-0.2, 0) is 0 Å². The maximum absolute atomic E-state index is 12.4. The summed E-state index contributed by atoms with van der Waals surface area (Å²) in [6.07, 6.45) is 3.71. The van der Waals surface area contributed by atoms with Gasteiger partial charge in [-0.25, -0.2) is 4.39 Å². The van der Waals surface area contributed by atoms with E-state index in [0.29, 0.717) is 18.5 Å². The van der Waals surface area contributed by atoms with Gasteiger partial charge in [0.25, 0.3) is 0 Å². The molecule has 13 heavy (non-hydrogen) atoms. The highest BCUT2D eigenvalue weighted by Gasteiger charge is 2.05. The van der Waals surface area contributed by atoms with E-state index in [2.05, 4.69) is 11.6 Å². The molecule has 1 aromatic heterocycles. The first-order valence-corrected chi connectivity index (χ1v) is 3.99. The quantitative estimate of drug-likeness (QED) is 0.524. The molecular formula is C10H10FNO. The van der Waals surface area contributed by atoms with Crippen molar-refractivity contribution in [2.75, 3.05) is 0 Å². The molecule has 3 heteroatoms. The Balaban J connectivity index is 2.66. The highest BCUT2D eigenvalue weighted by Crippen LogP contribution is 2.03. The summed E-state index contributed by atoms with van der Waals surface area (Å²) in [6.45, 7) is 3.51. The number of rotatable bonds is 4. The average Bonchev–Trinajstić information content (AvgIpc) is 2.15. The van der Waals surface area contributed by atoms with Crippen molar-refractivity contribution in [3.63, 3.8) is 0 Å². The fraction of sp³-hybridized carbons (Fsp3) is 0.200. The van der Waals surface area contributed by atoms with E-state index in [0.717, 1.165) is 6.20 Å². The van der Waals surface area contributed by atoms with Gasteiger partial charge < -0.3 is 0 Å². The standard InChI is InChI=1S/C10H10FNO/c1-2-3-4-10(13)9-6-5-8(11)7-12-9/h2,5-7H,1,3-4H2. The van der Waals surface area contributed by atoms with Crippen LogP contribution in [0.3, 0.4) is 0 Å². The lowest BCUT2D eigenvalue weighted by Gasteiger charge is -1.96. The van der Waals surface area contributed by atoms with Crippen molar-refractivity contribution >= 4 is 5.78 Å². The first-order chi connectivity index (χ1) is 6.24. The van der Waals surface area contributed by atoms with Crippen LogP contribution in [0.5, 0.6) is 0 Å². The lowest BCUT2D eigenvalue weighted by atomic mass is 10.1. The molecule has 0 aliphatic carbocycles. The second-order valence-corrected chi connectivity index (χ2v) is 2.61. The number of halogens is 1. The summed E-state index contributed by atoms with van der Waals surface area (Å²) in [4.78, 5) is 15.0. The Morgan fingerprint density at radius 3 is 2.92 bits per heavy atom. The van der Waals surface area contributed by atoms with E-state index in [-0.39, 0.29) is 5.78 Å². The molecule has 0 radical (unpaired) electrons. The third kappa shape index (κ3) is 2.78. The molecule has 1 aromatic rings. The minimum Gasteiger partial charge on any atom is -0.292 e. The molecule has 0 spiro atoms. The number of carbonyl (C=O) groups is 1. The molecule has 1 rings (SSSR count). The summed E-state index contributed by atoms with van der Waals surface area (Å²) in [5.74, 6) is -0.514.